The molecule has 114 valence electrons. The number of rotatable bonds is 2. The third kappa shape index (κ3) is 2.64. The van der Waals surface area contributed by atoms with Crippen molar-refractivity contribution in [3.05, 3.63) is 41.4 Å². The van der Waals surface area contributed by atoms with Crippen molar-refractivity contribution in [3.63, 3.8) is 0 Å². The fourth-order valence-corrected chi connectivity index (χ4v) is 2.91. The highest BCUT2D eigenvalue weighted by molar-refractivity contribution is 6.09. The van der Waals surface area contributed by atoms with Crippen molar-refractivity contribution in [2.45, 2.75) is 25.7 Å². The molecule has 2 N–H and O–H groups in total. The van der Waals surface area contributed by atoms with Gasteiger partial charge in [0.15, 0.2) is 5.78 Å². The maximum absolute atomic E-state index is 13.6. The topological polar surface area (TPSA) is 75.3 Å². The number of carbonyl (C=O) groups excluding carboxylic acids is 3. The Labute approximate surface area is 126 Å². The van der Waals surface area contributed by atoms with Gasteiger partial charge in [-0.3, -0.25) is 14.4 Å². The second-order valence-electron chi connectivity index (χ2n) is 5.44. The predicted molar refractivity (Wildman–Crippen MR) is 77.2 cm³/mol. The van der Waals surface area contributed by atoms with E-state index in [9.17, 15) is 18.8 Å². The average Bonchev–Trinajstić information content (AvgIpc) is 2.48. The molecule has 0 bridgehead atoms. The zero-order chi connectivity index (χ0) is 15.7. The smallest absolute Gasteiger partial charge is 0.232 e. The number of Topliss-reactive ketones (excluding diaryl/α,β-unsaturated/α-hetero) is 1. The molecule has 1 unspecified atom stereocenters. The van der Waals surface area contributed by atoms with Crippen molar-refractivity contribution in [3.8, 4) is 0 Å². The minimum absolute atomic E-state index is 0.0453. The highest BCUT2D eigenvalue weighted by atomic mass is 19.1. The van der Waals surface area contributed by atoms with E-state index in [4.69, 9.17) is 0 Å². The first kappa shape index (κ1) is 14.4. The van der Waals surface area contributed by atoms with Gasteiger partial charge in [0.2, 0.25) is 11.8 Å². The molecule has 1 aliphatic carbocycles. The van der Waals surface area contributed by atoms with Gasteiger partial charge in [-0.25, -0.2) is 4.39 Å². The molecular formula is C16H15FN2O3. The molecular weight excluding hydrogens is 287 g/mol. The summed E-state index contributed by atoms with van der Waals surface area (Å²) in [5, 5.41) is 5.15. The van der Waals surface area contributed by atoms with E-state index in [2.05, 4.69) is 10.6 Å². The molecule has 1 heterocycles. The minimum atomic E-state index is -0.851. The van der Waals surface area contributed by atoms with Gasteiger partial charge in [-0.1, -0.05) is 12.1 Å². The standard InChI is InChI=1S/C16H15FN2O3/c17-10-4-1-2-5-11(10)19-16(22)9-8-14(21)18-12-6-3-7-13(20)15(9)12/h1-2,4-5,9H,3,6-8H2,(H,18,21)(H,19,22). The number of halogens is 1. The number of benzene rings is 1. The summed E-state index contributed by atoms with van der Waals surface area (Å²) in [5.41, 5.74) is 0.963. The van der Waals surface area contributed by atoms with Crippen LogP contribution in [-0.2, 0) is 14.4 Å². The second-order valence-corrected chi connectivity index (χ2v) is 5.44. The zero-order valence-electron chi connectivity index (χ0n) is 11.8. The Hall–Kier alpha value is -2.50. The first-order valence-corrected chi connectivity index (χ1v) is 7.17. The lowest BCUT2D eigenvalue weighted by Gasteiger charge is -2.30. The molecule has 0 saturated carbocycles. The molecule has 1 atom stereocenters. The Balaban J connectivity index is 1.89. The first-order valence-electron chi connectivity index (χ1n) is 7.17. The Morgan fingerprint density at radius 1 is 1.23 bits per heavy atom. The quantitative estimate of drug-likeness (QED) is 0.876. The van der Waals surface area contributed by atoms with Crippen molar-refractivity contribution in [1.82, 2.24) is 5.32 Å². The minimum Gasteiger partial charge on any atom is -0.329 e. The molecule has 0 spiro atoms. The van der Waals surface area contributed by atoms with E-state index < -0.39 is 17.6 Å². The monoisotopic (exact) mass is 302 g/mol. The molecule has 22 heavy (non-hydrogen) atoms. The summed E-state index contributed by atoms with van der Waals surface area (Å²) in [6.45, 7) is 0. The van der Waals surface area contributed by atoms with E-state index in [1.165, 1.54) is 18.2 Å². The summed E-state index contributed by atoms with van der Waals surface area (Å²) in [4.78, 5) is 36.3. The molecule has 0 fully saturated rings. The number of nitrogens with one attached hydrogen (secondary N) is 2. The first-order chi connectivity index (χ1) is 10.6. The molecule has 0 saturated heterocycles. The van der Waals surface area contributed by atoms with Gasteiger partial charge in [0.1, 0.15) is 5.82 Å². The number of hydrogen-bond acceptors (Lipinski definition) is 3. The number of para-hydroxylation sites is 1. The van der Waals surface area contributed by atoms with E-state index >= 15 is 0 Å². The van der Waals surface area contributed by atoms with Crippen molar-refractivity contribution in [1.29, 1.82) is 0 Å². The molecule has 2 aliphatic rings. The van der Waals surface area contributed by atoms with Crippen molar-refractivity contribution in [2.75, 3.05) is 5.32 Å². The third-order valence-electron chi connectivity index (χ3n) is 3.93. The number of hydrogen-bond donors (Lipinski definition) is 2. The summed E-state index contributed by atoms with van der Waals surface area (Å²) in [6.07, 6.45) is 1.53. The van der Waals surface area contributed by atoms with E-state index in [1.54, 1.807) is 6.07 Å². The maximum atomic E-state index is 13.6. The largest absolute Gasteiger partial charge is 0.329 e. The van der Waals surface area contributed by atoms with Gasteiger partial charge in [0.05, 0.1) is 11.6 Å². The fourth-order valence-electron chi connectivity index (χ4n) is 2.91. The van der Waals surface area contributed by atoms with Crippen LogP contribution in [0, 0.1) is 11.7 Å². The van der Waals surface area contributed by atoms with E-state index in [0.29, 0.717) is 30.5 Å². The number of amides is 2. The Morgan fingerprint density at radius 3 is 2.77 bits per heavy atom. The van der Waals surface area contributed by atoms with Gasteiger partial charge in [0.25, 0.3) is 0 Å². The Morgan fingerprint density at radius 2 is 2.00 bits per heavy atom. The third-order valence-corrected chi connectivity index (χ3v) is 3.93. The summed E-state index contributed by atoms with van der Waals surface area (Å²) in [7, 11) is 0. The SMILES string of the molecule is O=C1CC(C(=O)Nc2ccccc2F)C2=C(CCCC2=O)N1. The van der Waals surface area contributed by atoms with Crippen LogP contribution in [-0.4, -0.2) is 17.6 Å². The van der Waals surface area contributed by atoms with Crippen molar-refractivity contribution >= 4 is 23.3 Å². The van der Waals surface area contributed by atoms with E-state index in [1.807, 2.05) is 0 Å². The predicted octanol–water partition coefficient (Wildman–Crippen LogP) is 1.91. The van der Waals surface area contributed by atoms with Crippen LogP contribution in [0.2, 0.25) is 0 Å². The van der Waals surface area contributed by atoms with Crippen LogP contribution in [0.25, 0.3) is 0 Å². The number of carbonyl (C=O) groups is 3. The maximum Gasteiger partial charge on any atom is 0.232 e. The van der Waals surface area contributed by atoms with Crippen LogP contribution in [0.15, 0.2) is 35.5 Å². The molecule has 0 aromatic heterocycles. The molecule has 1 aromatic rings. The van der Waals surface area contributed by atoms with Gasteiger partial charge in [0, 0.05) is 24.1 Å². The van der Waals surface area contributed by atoms with Crippen LogP contribution in [0.1, 0.15) is 25.7 Å². The Bertz CT molecular complexity index is 696. The van der Waals surface area contributed by atoms with Crippen LogP contribution in [0.4, 0.5) is 10.1 Å². The molecule has 1 aromatic carbocycles. The van der Waals surface area contributed by atoms with E-state index in [-0.39, 0.29) is 23.8 Å². The zero-order valence-corrected chi connectivity index (χ0v) is 11.8. The number of anilines is 1. The summed E-state index contributed by atoms with van der Waals surface area (Å²) < 4.78 is 13.6. The fraction of sp³-hybridized carbons (Fsp3) is 0.312. The lowest BCUT2D eigenvalue weighted by molar-refractivity contribution is -0.128. The van der Waals surface area contributed by atoms with Crippen molar-refractivity contribution < 1.29 is 18.8 Å². The van der Waals surface area contributed by atoms with Gasteiger partial charge < -0.3 is 10.6 Å². The number of allylic oxidation sites excluding steroid dienone is 1. The lowest BCUT2D eigenvalue weighted by atomic mass is 9.81. The van der Waals surface area contributed by atoms with Gasteiger partial charge in [-0.2, -0.15) is 0 Å². The molecule has 0 radical (unpaired) electrons. The summed E-state index contributed by atoms with van der Waals surface area (Å²) in [5.74, 6) is -2.34. The van der Waals surface area contributed by atoms with Crippen molar-refractivity contribution in [2.24, 2.45) is 5.92 Å². The van der Waals surface area contributed by atoms with E-state index in [0.717, 1.165) is 0 Å². The normalized spacial score (nSPS) is 21.2. The number of ketones is 1. The highest BCUT2D eigenvalue weighted by Gasteiger charge is 2.38. The highest BCUT2D eigenvalue weighted by Crippen LogP contribution is 2.32. The molecule has 3 rings (SSSR count). The van der Waals surface area contributed by atoms with Gasteiger partial charge >= 0.3 is 0 Å². The van der Waals surface area contributed by atoms with Crippen LogP contribution in [0.5, 0.6) is 0 Å². The van der Waals surface area contributed by atoms with Gasteiger partial charge in [-0.15, -0.1) is 0 Å². The summed E-state index contributed by atoms with van der Waals surface area (Å²) >= 11 is 0. The molecule has 2 amide bonds. The summed E-state index contributed by atoms with van der Waals surface area (Å²) in [6, 6.07) is 5.79. The second kappa shape index (κ2) is 5.71. The van der Waals surface area contributed by atoms with Crippen LogP contribution >= 0.6 is 0 Å². The molecule has 1 aliphatic heterocycles. The lowest BCUT2D eigenvalue weighted by Crippen LogP contribution is -2.41. The van der Waals surface area contributed by atoms with Crippen LogP contribution in [0.3, 0.4) is 0 Å². The Kier molecular flexibility index (Phi) is 3.75. The average molecular weight is 302 g/mol. The van der Waals surface area contributed by atoms with Crippen LogP contribution < -0.4 is 10.6 Å². The molecule has 6 heteroatoms. The van der Waals surface area contributed by atoms with Gasteiger partial charge in [-0.05, 0) is 25.0 Å². The molecule has 5 nitrogen and oxygen atoms in total.